The van der Waals surface area contributed by atoms with Crippen LogP contribution in [-0.2, 0) is 30.4 Å². The number of aliphatic imine (C=N–C) groups is 1. The molecule has 1 heterocycles. The molecule has 1 aliphatic rings. The molecule has 15 heteroatoms. The number of likely N-dealkylation sites (tertiary alicyclic amines) is 1. The number of nitrogens with one attached hydrogen (secondary N) is 2. The fourth-order valence-electron chi connectivity index (χ4n) is 4.30. The number of guanidine groups is 1. The molecule has 40 heavy (non-hydrogen) atoms. The summed E-state index contributed by atoms with van der Waals surface area (Å²) in [5.74, 6) is -4.47. The number of carbonyl (C=O) groups is 5. The Morgan fingerprint density at radius 3 is 2.30 bits per heavy atom. The number of aliphatic carboxylic acids is 2. The van der Waals surface area contributed by atoms with E-state index in [0.717, 1.165) is 0 Å². The van der Waals surface area contributed by atoms with Gasteiger partial charge in [0.1, 0.15) is 23.9 Å². The lowest BCUT2D eigenvalue weighted by Crippen LogP contribution is -2.56. The number of carbonyl (C=O) groups excluding carboxylic acids is 3. The van der Waals surface area contributed by atoms with Crippen LogP contribution in [0, 0.1) is 0 Å². The number of hydrogen-bond donors (Lipinski definition) is 8. The number of nitrogens with two attached hydrogens (primary N) is 3. The van der Waals surface area contributed by atoms with Gasteiger partial charge >= 0.3 is 11.9 Å². The number of carboxylic acids is 2. The SMILES string of the molecule is NC(N)=NCCCC(NC(=O)C1CCCN1C(=O)C(N)CCC(=O)O)C(=O)NC(Cc1ccc(O)cc1)C(=O)O. The van der Waals surface area contributed by atoms with Crippen molar-refractivity contribution in [2.75, 3.05) is 13.1 Å². The van der Waals surface area contributed by atoms with Crippen LogP contribution in [0.1, 0.15) is 44.1 Å². The molecule has 0 aromatic heterocycles. The second kappa shape index (κ2) is 15.3. The Morgan fingerprint density at radius 1 is 1.02 bits per heavy atom. The first-order valence-corrected chi connectivity index (χ1v) is 12.8. The first-order chi connectivity index (χ1) is 18.9. The molecule has 0 bridgehead atoms. The van der Waals surface area contributed by atoms with Crippen molar-refractivity contribution >= 4 is 35.6 Å². The van der Waals surface area contributed by atoms with Crippen LogP contribution < -0.4 is 27.8 Å². The van der Waals surface area contributed by atoms with Crippen molar-refractivity contribution in [3.8, 4) is 5.75 Å². The molecule has 0 radical (unpaired) electrons. The van der Waals surface area contributed by atoms with Crippen molar-refractivity contribution < 1.29 is 39.3 Å². The van der Waals surface area contributed by atoms with Crippen molar-refractivity contribution in [2.24, 2.45) is 22.2 Å². The van der Waals surface area contributed by atoms with Crippen LogP contribution in [-0.4, -0.2) is 93.1 Å². The van der Waals surface area contributed by atoms with Crippen LogP contribution in [0.25, 0.3) is 0 Å². The Morgan fingerprint density at radius 2 is 1.70 bits per heavy atom. The zero-order chi connectivity index (χ0) is 29.8. The molecular formula is C25H37N7O8. The highest BCUT2D eigenvalue weighted by molar-refractivity contribution is 5.94. The average Bonchev–Trinajstić information content (AvgIpc) is 3.39. The van der Waals surface area contributed by atoms with Gasteiger partial charge in [-0.15, -0.1) is 0 Å². The van der Waals surface area contributed by atoms with E-state index in [1.165, 1.54) is 29.2 Å². The molecule has 3 amide bonds. The monoisotopic (exact) mass is 563 g/mol. The minimum atomic E-state index is -1.33. The standard InChI is InChI=1S/C25H37N7O8/c26-16(9-10-20(34)35)23(38)32-12-2-4-19(32)22(37)30-17(3-1-11-29-25(27)28)21(36)31-18(24(39)40)13-14-5-7-15(33)8-6-14/h5-8,16-19,33H,1-4,9-13,26H2,(H,30,37)(H,31,36)(H,34,35)(H,39,40)(H4,27,28,29). The molecule has 1 aromatic carbocycles. The summed E-state index contributed by atoms with van der Waals surface area (Å²) >= 11 is 0. The quantitative estimate of drug-likeness (QED) is 0.0672. The van der Waals surface area contributed by atoms with Crippen LogP contribution >= 0.6 is 0 Å². The Kier molecular flexibility index (Phi) is 12.1. The van der Waals surface area contributed by atoms with Crippen molar-refractivity contribution in [1.82, 2.24) is 15.5 Å². The molecule has 1 fully saturated rings. The zero-order valence-corrected chi connectivity index (χ0v) is 22.0. The van der Waals surface area contributed by atoms with Crippen LogP contribution in [0.4, 0.5) is 0 Å². The highest BCUT2D eigenvalue weighted by atomic mass is 16.4. The molecule has 0 spiro atoms. The highest BCUT2D eigenvalue weighted by Gasteiger charge is 2.38. The smallest absolute Gasteiger partial charge is 0.326 e. The predicted octanol–water partition coefficient (Wildman–Crippen LogP) is -1.77. The van der Waals surface area contributed by atoms with Gasteiger partial charge in [0.2, 0.25) is 17.7 Å². The molecule has 0 aliphatic carbocycles. The van der Waals surface area contributed by atoms with E-state index in [9.17, 15) is 34.2 Å². The average molecular weight is 564 g/mol. The third kappa shape index (κ3) is 10.1. The molecule has 1 saturated heterocycles. The molecule has 1 aromatic rings. The predicted molar refractivity (Wildman–Crippen MR) is 143 cm³/mol. The van der Waals surface area contributed by atoms with Crippen LogP contribution in [0.2, 0.25) is 0 Å². The highest BCUT2D eigenvalue weighted by Crippen LogP contribution is 2.20. The molecule has 4 atom stereocenters. The van der Waals surface area contributed by atoms with Gasteiger partial charge in [-0.25, -0.2) is 4.79 Å². The third-order valence-corrected chi connectivity index (χ3v) is 6.39. The Hall–Kier alpha value is -4.40. The lowest BCUT2D eigenvalue weighted by atomic mass is 10.0. The van der Waals surface area contributed by atoms with Crippen LogP contribution in [0.5, 0.6) is 5.75 Å². The van der Waals surface area contributed by atoms with Gasteiger partial charge in [0.25, 0.3) is 0 Å². The van der Waals surface area contributed by atoms with Crippen molar-refractivity contribution in [3.05, 3.63) is 29.8 Å². The number of rotatable bonds is 15. The summed E-state index contributed by atoms with van der Waals surface area (Å²) in [6.45, 7) is 0.400. The van der Waals surface area contributed by atoms with Crippen LogP contribution in [0.3, 0.4) is 0 Å². The second-order valence-corrected chi connectivity index (χ2v) is 9.51. The van der Waals surface area contributed by atoms with Gasteiger partial charge in [-0.05, 0) is 49.8 Å². The molecule has 0 saturated carbocycles. The van der Waals surface area contributed by atoms with E-state index < -0.39 is 53.8 Å². The van der Waals surface area contributed by atoms with E-state index in [2.05, 4.69) is 15.6 Å². The fraction of sp³-hybridized carbons (Fsp3) is 0.520. The summed E-state index contributed by atoms with van der Waals surface area (Å²) in [6, 6.07) is 1.32. The van der Waals surface area contributed by atoms with E-state index in [1.807, 2.05) is 0 Å². The maximum Gasteiger partial charge on any atom is 0.326 e. The van der Waals surface area contributed by atoms with Gasteiger partial charge < -0.3 is 48.1 Å². The Labute approximate surface area is 230 Å². The number of phenols is 1. The number of nitrogens with zero attached hydrogens (tertiary/aromatic N) is 2. The van der Waals surface area contributed by atoms with E-state index in [1.54, 1.807) is 0 Å². The van der Waals surface area contributed by atoms with E-state index in [0.29, 0.717) is 18.4 Å². The third-order valence-electron chi connectivity index (χ3n) is 6.39. The molecule has 15 nitrogen and oxygen atoms in total. The van der Waals surface area contributed by atoms with Gasteiger partial charge in [-0.1, -0.05) is 12.1 Å². The zero-order valence-electron chi connectivity index (χ0n) is 22.0. The second-order valence-electron chi connectivity index (χ2n) is 9.51. The van der Waals surface area contributed by atoms with Crippen molar-refractivity contribution in [2.45, 2.75) is 69.1 Å². The molecule has 1 aliphatic heterocycles. The van der Waals surface area contributed by atoms with Crippen molar-refractivity contribution in [3.63, 3.8) is 0 Å². The molecule has 4 unspecified atom stereocenters. The number of aromatic hydroxyl groups is 1. The number of carboxylic acid groups (broad SMARTS) is 2. The summed E-state index contributed by atoms with van der Waals surface area (Å²) in [5, 5.41) is 33.1. The fourth-order valence-corrected chi connectivity index (χ4v) is 4.30. The summed E-state index contributed by atoms with van der Waals surface area (Å²) in [6.07, 6.45) is 0.693. The maximum atomic E-state index is 13.2. The summed E-state index contributed by atoms with van der Waals surface area (Å²) in [5.41, 5.74) is 17.1. The number of hydrogen-bond acceptors (Lipinski definition) is 8. The lowest BCUT2D eigenvalue weighted by molar-refractivity contribution is -0.143. The number of phenolic OH excluding ortho intramolecular Hbond substituents is 1. The Bertz CT molecular complexity index is 1090. The first kappa shape index (κ1) is 31.8. The largest absolute Gasteiger partial charge is 0.508 e. The molecule has 2 rings (SSSR count). The minimum Gasteiger partial charge on any atom is -0.508 e. The van der Waals surface area contributed by atoms with Crippen LogP contribution in [0.15, 0.2) is 29.3 Å². The minimum absolute atomic E-state index is 0.00509. The normalized spacial score (nSPS) is 16.8. The van der Waals surface area contributed by atoms with E-state index in [4.69, 9.17) is 22.3 Å². The van der Waals surface area contributed by atoms with E-state index >= 15 is 0 Å². The van der Waals surface area contributed by atoms with Gasteiger partial charge in [0.05, 0.1) is 6.04 Å². The number of benzene rings is 1. The van der Waals surface area contributed by atoms with E-state index in [-0.39, 0.29) is 56.9 Å². The van der Waals surface area contributed by atoms with Gasteiger partial charge in [-0.2, -0.15) is 0 Å². The molecule has 220 valence electrons. The van der Waals surface area contributed by atoms with Gasteiger partial charge in [0.15, 0.2) is 5.96 Å². The summed E-state index contributed by atoms with van der Waals surface area (Å²) < 4.78 is 0. The molecule has 11 N–H and O–H groups in total. The van der Waals surface area contributed by atoms with Gasteiger partial charge in [0, 0.05) is 25.9 Å². The van der Waals surface area contributed by atoms with Crippen molar-refractivity contribution in [1.29, 1.82) is 0 Å². The maximum absolute atomic E-state index is 13.2. The number of amides is 3. The first-order valence-electron chi connectivity index (χ1n) is 12.8. The summed E-state index contributed by atoms with van der Waals surface area (Å²) in [7, 11) is 0. The Balaban J connectivity index is 2.14. The lowest BCUT2D eigenvalue weighted by Gasteiger charge is -2.28. The topological polar surface area (TPSA) is 264 Å². The molecular weight excluding hydrogens is 526 g/mol. The van der Waals surface area contributed by atoms with Gasteiger partial charge in [-0.3, -0.25) is 24.2 Å². The summed E-state index contributed by atoms with van der Waals surface area (Å²) in [4.78, 5) is 67.1.